The van der Waals surface area contributed by atoms with Crippen LogP contribution in [0.25, 0.3) is 21.5 Å². The van der Waals surface area contributed by atoms with Gasteiger partial charge in [-0.15, -0.1) is 0 Å². The van der Waals surface area contributed by atoms with Crippen molar-refractivity contribution < 1.29 is 28.5 Å². The summed E-state index contributed by atoms with van der Waals surface area (Å²) in [4.78, 5) is 25.2. The summed E-state index contributed by atoms with van der Waals surface area (Å²) in [5.74, 6) is 0.795. The molecule has 0 saturated heterocycles. The van der Waals surface area contributed by atoms with Gasteiger partial charge in [-0.25, -0.2) is 9.59 Å². The highest BCUT2D eigenvalue weighted by atomic mass is 16.7. The van der Waals surface area contributed by atoms with Crippen molar-refractivity contribution in [2.75, 3.05) is 13.2 Å². The van der Waals surface area contributed by atoms with E-state index in [1.807, 2.05) is 50.2 Å². The Labute approximate surface area is 213 Å². The molecule has 0 saturated carbocycles. The summed E-state index contributed by atoms with van der Waals surface area (Å²) in [6.45, 7) is 8.83. The lowest BCUT2D eigenvalue weighted by atomic mass is 9.96. The van der Waals surface area contributed by atoms with E-state index < -0.39 is 12.3 Å². The second-order valence-corrected chi connectivity index (χ2v) is 9.23. The molecule has 0 heterocycles. The maximum Gasteiger partial charge on any atom is 0.513 e. The van der Waals surface area contributed by atoms with Crippen LogP contribution in [0.2, 0.25) is 0 Å². The lowest BCUT2D eigenvalue weighted by molar-refractivity contribution is 0.0965. The Morgan fingerprint density at radius 1 is 0.667 bits per heavy atom. The minimum atomic E-state index is -0.739. The topological polar surface area (TPSA) is 71.1 Å². The van der Waals surface area contributed by atoms with Crippen LogP contribution in [0.1, 0.15) is 76.3 Å². The normalized spacial score (nSPS) is 11.0. The largest absolute Gasteiger partial charge is 0.513 e. The summed E-state index contributed by atoms with van der Waals surface area (Å²) in [6, 6.07) is 11.4. The fraction of sp³-hybridized carbons (Fsp3) is 0.467. The molecule has 194 valence electrons. The monoisotopic (exact) mass is 494 g/mol. The van der Waals surface area contributed by atoms with Crippen LogP contribution in [-0.4, -0.2) is 25.5 Å². The number of hydrogen-bond acceptors (Lipinski definition) is 6. The van der Waals surface area contributed by atoms with Gasteiger partial charge in [-0.3, -0.25) is 0 Å². The maximum absolute atomic E-state index is 12.6. The molecule has 3 aromatic rings. The first-order valence-electron chi connectivity index (χ1n) is 13.1. The second kappa shape index (κ2) is 13.7. The predicted octanol–water partition coefficient (Wildman–Crippen LogP) is 8.80. The molecule has 3 rings (SSSR count). The Kier molecular flexibility index (Phi) is 10.4. The van der Waals surface area contributed by atoms with Crippen molar-refractivity contribution in [3.63, 3.8) is 0 Å². The minimum absolute atomic E-state index is 0.318. The van der Waals surface area contributed by atoms with E-state index in [0.29, 0.717) is 46.3 Å². The van der Waals surface area contributed by atoms with Crippen molar-refractivity contribution >= 4 is 33.9 Å². The van der Waals surface area contributed by atoms with E-state index in [4.69, 9.17) is 18.9 Å². The number of benzene rings is 3. The molecule has 0 aliphatic carbocycles. The number of carbonyl (C=O) groups is 2. The van der Waals surface area contributed by atoms with Gasteiger partial charge >= 0.3 is 12.3 Å². The molecule has 6 heteroatoms. The summed E-state index contributed by atoms with van der Waals surface area (Å²) in [7, 11) is 0. The van der Waals surface area contributed by atoms with Crippen LogP contribution in [0.15, 0.2) is 36.4 Å². The molecule has 0 aliphatic heterocycles. The average molecular weight is 495 g/mol. The molecule has 6 nitrogen and oxygen atoms in total. The molecule has 3 aromatic carbocycles. The zero-order chi connectivity index (χ0) is 25.9. The van der Waals surface area contributed by atoms with Crippen molar-refractivity contribution in [2.24, 2.45) is 0 Å². The molecule has 0 fully saturated rings. The highest BCUT2D eigenvalue weighted by Gasteiger charge is 2.22. The van der Waals surface area contributed by atoms with Gasteiger partial charge < -0.3 is 18.9 Å². The van der Waals surface area contributed by atoms with E-state index in [2.05, 4.69) is 13.8 Å². The van der Waals surface area contributed by atoms with Gasteiger partial charge in [-0.05, 0) is 38.3 Å². The molecule has 0 amide bonds. The van der Waals surface area contributed by atoms with Crippen molar-refractivity contribution in [3.8, 4) is 11.5 Å². The van der Waals surface area contributed by atoms with Crippen LogP contribution in [0.4, 0.5) is 9.59 Å². The minimum Gasteiger partial charge on any atom is -0.434 e. The molecule has 0 aromatic heterocycles. The molecule has 0 bridgehead atoms. The SMILES string of the molecule is CCCCCCOC(=O)Oc1c2ccccc2c(OC(=O)OCCCCCC)c2c(C)cc(C)cc12. The third-order valence-electron chi connectivity index (χ3n) is 6.17. The van der Waals surface area contributed by atoms with Gasteiger partial charge in [-0.2, -0.15) is 0 Å². The summed E-state index contributed by atoms with van der Waals surface area (Å²) >= 11 is 0. The summed E-state index contributed by atoms with van der Waals surface area (Å²) in [5.41, 5.74) is 1.90. The predicted molar refractivity (Wildman–Crippen MR) is 143 cm³/mol. The number of fused-ring (bicyclic) bond motifs is 2. The zero-order valence-corrected chi connectivity index (χ0v) is 22.0. The van der Waals surface area contributed by atoms with E-state index in [1.54, 1.807) is 0 Å². The van der Waals surface area contributed by atoms with Gasteiger partial charge in [0, 0.05) is 21.5 Å². The molecule has 0 unspecified atom stereocenters. The fourth-order valence-electron chi connectivity index (χ4n) is 4.42. The van der Waals surface area contributed by atoms with E-state index in [9.17, 15) is 9.59 Å². The molecule has 0 atom stereocenters. The molecule has 36 heavy (non-hydrogen) atoms. The van der Waals surface area contributed by atoms with Crippen LogP contribution in [0, 0.1) is 13.8 Å². The van der Waals surface area contributed by atoms with Gasteiger partial charge in [0.2, 0.25) is 0 Å². The fourth-order valence-corrected chi connectivity index (χ4v) is 4.42. The van der Waals surface area contributed by atoms with Gasteiger partial charge in [0.15, 0.2) is 5.75 Å². The Hall–Kier alpha value is -3.28. The molecular weight excluding hydrogens is 456 g/mol. The van der Waals surface area contributed by atoms with Crippen LogP contribution in [0.5, 0.6) is 11.5 Å². The third-order valence-corrected chi connectivity index (χ3v) is 6.17. The van der Waals surface area contributed by atoms with E-state index in [-0.39, 0.29) is 0 Å². The lowest BCUT2D eigenvalue weighted by Crippen LogP contribution is -2.14. The van der Waals surface area contributed by atoms with Crippen LogP contribution < -0.4 is 9.47 Å². The number of ether oxygens (including phenoxy) is 4. The molecule has 0 spiro atoms. The molecule has 0 radical (unpaired) electrons. The van der Waals surface area contributed by atoms with E-state index in [0.717, 1.165) is 62.5 Å². The maximum atomic E-state index is 12.6. The van der Waals surface area contributed by atoms with E-state index in [1.165, 1.54) is 0 Å². The Bertz CT molecular complexity index is 1180. The van der Waals surface area contributed by atoms with Gasteiger partial charge in [0.1, 0.15) is 5.75 Å². The highest BCUT2D eigenvalue weighted by Crippen LogP contribution is 2.44. The Morgan fingerprint density at radius 3 is 1.75 bits per heavy atom. The summed E-state index contributed by atoms with van der Waals surface area (Å²) in [5, 5.41) is 2.70. The van der Waals surface area contributed by atoms with Crippen LogP contribution >= 0.6 is 0 Å². The number of unbranched alkanes of at least 4 members (excludes halogenated alkanes) is 6. The van der Waals surface area contributed by atoms with Crippen molar-refractivity contribution in [2.45, 2.75) is 79.1 Å². The number of carbonyl (C=O) groups excluding carboxylic acids is 2. The van der Waals surface area contributed by atoms with Crippen molar-refractivity contribution in [3.05, 3.63) is 47.5 Å². The average Bonchev–Trinajstić information content (AvgIpc) is 2.85. The third kappa shape index (κ3) is 7.12. The first-order chi connectivity index (χ1) is 17.5. The number of aryl methyl sites for hydroxylation is 2. The van der Waals surface area contributed by atoms with Crippen LogP contribution in [0.3, 0.4) is 0 Å². The second-order valence-electron chi connectivity index (χ2n) is 9.23. The lowest BCUT2D eigenvalue weighted by Gasteiger charge is -2.18. The first kappa shape index (κ1) is 27.3. The quantitative estimate of drug-likeness (QED) is 0.108. The standard InChI is InChI=1S/C30H38O6/c1-5-7-9-13-17-33-29(31)35-27-23-15-11-12-16-24(23)28(26-22(4)19-21(3)20-25(26)27)36-30(32)34-18-14-10-8-6-2/h11-12,15-16,19-20H,5-10,13-14,17-18H2,1-4H3. The zero-order valence-electron chi connectivity index (χ0n) is 22.0. The van der Waals surface area contributed by atoms with Crippen LogP contribution in [-0.2, 0) is 9.47 Å². The van der Waals surface area contributed by atoms with Gasteiger partial charge in [-0.1, -0.05) is 88.3 Å². The summed E-state index contributed by atoms with van der Waals surface area (Å²) in [6.07, 6.45) is 6.58. The van der Waals surface area contributed by atoms with Crippen molar-refractivity contribution in [1.82, 2.24) is 0 Å². The van der Waals surface area contributed by atoms with E-state index >= 15 is 0 Å². The Balaban J connectivity index is 1.94. The number of hydrogen-bond donors (Lipinski definition) is 0. The smallest absolute Gasteiger partial charge is 0.434 e. The van der Waals surface area contributed by atoms with Crippen molar-refractivity contribution in [1.29, 1.82) is 0 Å². The highest BCUT2D eigenvalue weighted by molar-refractivity contribution is 6.13. The molecule has 0 N–H and O–H groups in total. The van der Waals surface area contributed by atoms with Gasteiger partial charge in [0.05, 0.1) is 13.2 Å². The Morgan fingerprint density at radius 2 is 1.19 bits per heavy atom. The summed E-state index contributed by atoms with van der Waals surface area (Å²) < 4.78 is 22.3. The molecule has 0 aliphatic rings. The first-order valence-corrected chi connectivity index (χ1v) is 13.1. The van der Waals surface area contributed by atoms with Gasteiger partial charge in [0.25, 0.3) is 0 Å². The number of rotatable bonds is 12. The molecular formula is C30H38O6.